The van der Waals surface area contributed by atoms with Crippen LogP contribution in [0.25, 0.3) is 0 Å². The van der Waals surface area contributed by atoms with E-state index in [1.165, 1.54) is 12.1 Å². The molecule has 1 aromatic carbocycles. The second-order valence-electron chi connectivity index (χ2n) is 7.49. The third kappa shape index (κ3) is 4.16. The molecule has 0 unspecified atom stereocenters. The van der Waals surface area contributed by atoms with Gasteiger partial charge in [0, 0.05) is 17.7 Å². The van der Waals surface area contributed by atoms with Gasteiger partial charge in [-0.3, -0.25) is 15.5 Å². The Balaban J connectivity index is 2.16. The van der Waals surface area contributed by atoms with Crippen LogP contribution in [0.5, 0.6) is 0 Å². The van der Waals surface area contributed by atoms with E-state index in [2.05, 4.69) is 4.98 Å². The number of aromatic nitrogens is 1. The van der Waals surface area contributed by atoms with Crippen LogP contribution < -0.4 is 5.73 Å². The van der Waals surface area contributed by atoms with Gasteiger partial charge < -0.3 is 5.11 Å². The monoisotopic (exact) mass is 459 g/mol. The van der Waals surface area contributed by atoms with Crippen molar-refractivity contribution in [2.24, 2.45) is 5.92 Å². The first-order valence-electron chi connectivity index (χ1n) is 9.35. The number of halogens is 4. The molecular formula is C20H19F4N2O4S. The molecule has 3 rings (SSSR count). The Kier molecular flexibility index (Phi) is 6.12. The van der Waals surface area contributed by atoms with E-state index in [9.17, 15) is 35.9 Å². The van der Waals surface area contributed by atoms with E-state index in [1.807, 2.05) is 0 Å². The smallest absolute Gasteiger partial charge is 0.392 e. The summed E-state index contributed by atoms with van der Waals surface area (Å²) in [5, 5.41) is 9.42. The lowest BCUT2D eigenvalue weighted by Crippen LogP contribution is -2.42. The van der Waals surface area contributed by atoms with Crippen molar-refractivity contribution >= 4 is 15.7 Å². The molecule has 0 saturated heterocycles. The molecule has 2 N–H and O–H groups in total. The van der Waals surface area contributed by atoms with Crippen LogP contribution in [-0.2, 0) is 32.2 Å². The quantitative estimate of drug-likeness (QED) is 0.690. The third-order valence-electron chi connectivity index (χ3n) is 5.72. The second-order valence-corrected chi connectivity index (χ2v) is 9.75. The molecule has 0 atom stereocenters. The number of sulfone groups is 1. The Hall–Kier alpha value is -2.53. The van der Waals surface area contributed by atoms with Crippen molar-refractivity contribution in [2.75, 3.05) is 0 Å². The van der Waals surface area contributed by atoms with E-state index in [0.717, 1.165) is 12.1 Å². The summed E-state index contributed by atoms with van der Waals surface area (Å²) in [6, 6.07) is 4.85. The van der Waals surface area contributed by atoms with Gasteiger partial charge >= 0.3 is 6.18 Å². The highest BCUT2D eigenvalue weighted by molar-refractivity contribution is 7.92. The molecule has 1 fully saturated rings. The number of hydrogen-bond donors (Lipinski definition) is 1. The number of aliphatic hydroxyl groups excluding tert-OH is 1. The third-order valence-corrected chi connectivity index (χ3v) is 8.24. The normalized spacial score (nSPS) is 22.3. The van der Waals surface area contributed by atoms with Crippen LogP contribution >= 0.6 is 0 Å². The molecule has 1 amide bonds. The molecule has 1 aromatic heterocycles. The minimum absolute atomic E-state index is 0.00157. The van der Waals surface area contributed by atoms with Gasteiger partial charge in [-0.1, -0.05) is 6.07 Å². The van der Waals surface area contributed by atoms with E-state index in [4.69, 9.17) is 5.73 Å². The fraction of sp³-hybridized carbons (Fsp3) is 0.400. The van der Waals surface area contributed by atoms with Crippen LogP contribution in [-0.4, -0.2) is 24.4 Å². The van der Waals surface area contributed by atoms with Gasteiger partial charge in [-0.05, 0) is 55.5 Å². The van der Waals surface area contributed by atoms with Crippen LogP contribution in [0.4, 0.5) is 17.6 Å². The molecule has 1 aliphatic carbocycles. The summed E-state index contributed by atoms with van der Waals surface area (Å²) in [7, 11) is -4.46. The van der Waals surface area contributed by atoms with Gasteiger partial charge in [0.25, 0.3) is 0 Å². The van der Waals surface area contributed by atoms with E-state index < -0.39 is 55.6 Å². The Labute approximate surface area is 176 Å². The van der Waals surface area contributed by atoms with Crippen molar-refractivity contribution in [3.63, 3.8) is 0 Å². The van der Waals surface area contributed by atoms with Crippen molar-refractivity contribution < 1.29 is 35.9 Å². The highest BCUT2D eigenvalue weighted by Crippen LogP contribution is 2.49. The number of hydrogen-bond acceptors (Lipinski definition) is 5. The molecule has 0 spiro atoms. The highest BCUT2D eigenvalue weighted by atomic mass is 32.2. The molecule has 1 radical (unpaired) electrons. The molecule has 0 bridgehead atoms. The molecular weight excluding hydrogens is 440 g/mol. The van der Waals surface area contributed by atoms with Crippen LogP contribution in [0, 0.1) is 11.7 Å². The van der Waals surface area contributed by atoms with Crippen LogP contribution in [0.2, 0.25) is 0 Å². The number of pyridine rings is 1. The average Bonchev–Trinajstić information content (AvgIpc) is 2.73. The number of aliphatic hydroxyl groups is 1. The van der Waals surface area contributed by atoms with Gasteiger partial charge in [-0.15, -0.1) is 0 Å². The Morgan fingerprint density at radius 3 is 2.32 bits per heavy atom. The molecule has 167 valence electrons. The standard InChI is InChI=1S/C20H19F4N2O4S/c21-16-3-1-12(11-27)9-15(16)19(7-5-13(6-8-19)18(25)28)31(29,30)14-2-4-17(26-10-14)20(22,23)24/h1-4,9-10,13,25,27H,5-8,11H2. The van der Waals surface area contributed by atoms with Crippen LogP contribution in [0.1, 0.15) is 42.5 Å². The van der Waals surface area contributed by atoms with E-state index >= 15 is 0 Å². The van der Waals surface area contributed by atoms with Gasteiger partial charge in [-0.2, -0.15) is 13.2 Å². The van der Waals surface area contributed by atoms with Gasteiger partial charge in [-0.25, -0.2) is 12.8 Å². The molecule has 6 nitrogen and oxygen atoms in total. The lowest BCUT2D eigenvalue weighted by atomic mass is 9.77. The molecule has 1 aliphatic rings. The van der Waals surface area contributed by atoms with Crippen molar-refractivity contribution in [1.29, 1.82) is 0 Å². The molecule has 1 saturated carbocycles. The van der Waals surface area contributed by atoms with E-state index in [1.54, 1.807) is 0 Å². The molecule has 1 heterocycles. The largest absolute Gasteiger partial charge is 0.433 e. The van der Waals surface area contributed by atoms with Crippen LogP contribution in [0.15, 0.2) is 41.4 Å². The maximum atomic E-state index is 14.8. The number of benzene rings is 1. The summed E-state index contributed by atoms with van der Waals surface area (Å²) in [6.45, 7) is -0.473. The maximum Gasteiger partial charge on any atom is 0.433 e. The Morgan fingerprint density at radius 2 is 1.84 bits per heavy atom. The Bertz CT molecular complexity index is 1080. The summed E-state index contributed by atoms with van der Waals surface area (Å²) in [5.74, 6) is -2.42. The fourth-order valence-electron chi connectivity index (χ4n) is 3.98. The first kappa shape index (κ1) is 23.1. The number of rotatable bonds is 5. The number of nitrogens with zero attached hydrogens (tertiary/aromatic N) is 1. The average molecular weight is 459 g/mol. The summed E-state index contributed by atoms with van der Waals surface area (Å²) < 4.78 is 78.7. The fourth-order valence-corrected chi connectivity index (χ4v) is 6.09. The highest BCUT2D eigenvalue weighted by Gasteiger charge is 2.51. The van der Waals surface area contributed by atoms with Gasteiger partial charge in [0.15, 0.2) is 9.84 Å². The zero-order valence-corrected chi connectivity index (χ0v) is 16.9. The van der Waals surface area contributed by atoms with Gasteiger partial charge in [0.2, 0.25) is 5.91 Å². The minimum Gasteiger partial charge on any atom is -0.392 e. The number of carbonyl (C=O) groups excluding carboxylic acids is 1. The van der Waals surface area contributed by atoms with Crippen LogP contribution in [0.3, 0.4) is 0 Å². The minimum atomic E-state index is -4.76. The number of amides is 1. The van der Waals surface area contributed by atoms with Crippen molar-refractivity contribution in [3.8, 4) is 0 Å². The lowest BCUT2D eigenvalue weighted by Gasteiger charge is -2.39. The molecule has 11 heteroatoms. The Morgan fingerprint density at radius 1 is 1.19 bits per heavy atom. The SMILES string of the molecule is [NH]C(=O)C1CCC(c2cc(CO)ccc2F)(S(=O)(=O)c2ccc(C(F)(F)F)nc2)CC1. The number of alkyl halides is 3. The summed E-state index contributed by atoms with van der Waals surface area (Å²) in [6.07, 6.45) is -4.59. The molecule has 31 heavy (non-hydrogen) atoms. The molecule has 0 aliphatic heterocycles. The summed E-state index contributed by atoms with van der Waals surface area (Å²) in [5.41, 5.74) is 6.07. The van der Waals surface area contributed by atoms with Gasteiger partial charge in [0.05, 0.1) is 11.5 Å². The topological polar surface area (TPSA) is 108 Å². The first-order valence-corrected chi connectivity index (χ1v) is 10.8. The predicted molar refractivity (Wildman–Crippen MR) is 100 cm³/mol. The number of carbonyl (C=O) groups is 1. The zero-order valence-electron chi connectivity index (χ0n) is 16.1. The zero-order chi connectivity index (χ0) is 23.0. The van der Waals surface area contributed by atoms with Crippen molar-refractivity contribution in [1.82, 2.24) is 10.7 Å². The van der Waals surface area contributed by atoms with Crippen molar-refractivity contribution in [3.05, 3.63) is 59.2 Å². The first-order chi connectivity index (χ1) is 14.4. The lowest BCUT2D eigenvalue weighted by molar-refractivity contribution is -0.141. The second kappa shape index (κ2) is 8.19. The van der Waals surface area contributed by atoms with Crippen molar-refractivity contribution in [2.45, 2.75) is 48.1 Å². The van der Waals surface area contributed by atoms with E-state index in [0.29, 0.717) is 12.3 Å². The maximum absolute atomic E-state index is 14.8. The van der Waals surface area contributed by atoms with Gasteiger partial charge in [0.1, 0.15) is 16.3 Å². The molecule has 2 aromatic rings. The number of nitrogens with one attached hydrogen (secondary N) is 1. The summed E-state index contributed by atoms with van der Waals surface area (Å²) in [4.78, 5) is 14.2. The summed E-state index contributed by atoms with van der Waals surface area (Å²) >= 11 is 0. The van der Waals surface area contributed by atoms with E-state index in [-0.39, 0.29) is 36.8 Å². The predicted octanol–water partition coefficient (Wildman–Crippen LogP) is 3.40.